The number of nitrogens with one attached hydrogen (secondary N) is 1. The molecule has 0 atom stereocenters. The van der Waals surface area contributed by atoms with Crippen LogP contribution in [0.15, 0.2) is 74.6 Å². The van der Waals surface area contributed by atoms with Gasteiger partial charge in [0.15, 0.2) is 0 Å². The van der Waals surface area contributed by atoms with E-state index in [1.54, 1.807) is 17.0 Å². The molecule has 12 nitrogen and oxygen atoms in total. The molecule has 172 valence electrons. The summed E-state index contributed by atoms with van der Waals surface area (Å²) in [6.07, 6.45) is 0. The van der Waals surface area contributed by atoms with E-state index in [2.05, 4.69) is 15.7 Å². The lowest BCUT2D eigenvalue weighted by atomic mass is 10.2. The monoisotopic (exact) mass is 491 g/mol. The highest BCUT2D eigenvalue weighted by molar-refractivity contribution is 7.86. The van der Waals surface area contributed by atoms with Gasteiger partial charge in [0.1, 0.15) is 16.3 Å². The Hall–Kier alpha value is -3.56. The summed E-state index contributed by atoms with van der Waals surface area (Å²) in [7, 11) is -7.62. The Balaban J connectivity index is 1.68. The number of hydrogen-bond acceptors (Lipinski definition) is 10. The Bertz CT molecular complexity index is 1500. The number of rotatable bonds is 7. The Labute approximate surface area is 188 Å². The van der Waals surface area contributed by atoms with Crippen LogP contribution in [0.2, 0.25) is 0 Å². The van der Waals surface area contributed by atoms with Crippen LogP contribution < -0.4 is 20.9 Å². The molecule has 0 spiro atoms. The molecule has 0 aliphatic carbocycles. The normalized spacial score (nSPS) is 13.2. The lowest BCUT2D eigenvalue weighted by molar-refractivity contribution is 0.416. The van der Waals surface area contributed by atoms with E-state index in [1.807, 2.05) is 0 Å². The van der Waals surface area contributed by atoms with Crippen LogP contribution in [0.25, 0.3) is 0 Å². The van der Waals surface area contributed by atoms with Gasteiger partial charge >= 0.3 is 0 Å². The zero-order chi connectivity index (χ0) is 24.0. The van der Waals surface area contributed by atoms with Crippen molar-refractivity contribution in [3.05, 3.63) is 54.6 Å². The summed E-state index contributed by atoms with van der Waals surface area (Å²) in [5.41, 5.74) is 4.59. The molecule has 0 amide bonds. The average Bonchev–Trinajstić information content (AvgIpc) is 3.49. The van der Waals surface area contributed by atoms with Gasteiger partial charge in [0.2, 0.25) is 0 Å². The fourth-order valence-electron chi connectivity index (χ4n) is 3.18. The minimum absolute atomic E-state index is 0.120. The maximum absolute atomic E-state index is 12.0. The van der Waals surface area contributed by atoms with Crippen LogP contribution in [0, 0.1) is 0 Å². The summed E-state index contributed by atoms with van der Waals surface area (Å²) in [4.78, 5) is 0.757. The summed E-state index contributed by atoms with van der Waals surface area (Å²) in [5.74, 6) is 5.78. The van der Waals surface area contributed by atoms with Gasteiger partial charge < -0.3 is 15.1 Å². The van der Waals surface area contributed by atoms with E-state index >= 15 is 0 Å². The molecule has 1 heterocycles. The van der Waals surface area contributed by atoms with Crippen LogP contribution in [0.4, 0.5) is 34.1 Å². The predicted molar refractivity (Wildman–Crippen MR) is 119 cm³/mol. The first-order chi connectivity index (χ1) is 15.5. The Morgan fingerprint density at radius 2 is 1.67 bits per heavy atom. The molecule has 1 aliphatic rings. The third-order valence-electron chi connectivity index (χ3n) is 4.77. The van der Waals surface area contributed by atoms with E-state index in [4.69, 9.17) is 10.6 Å². The highest BCUT2D eigenvalue weighted by atomic mass is 32.2. The minimum Gasteiger partial charge on any atom is -0.494 e. The number of anilines is 4. The fraction of sp³-hybridized carbons (Fsp3) is 0.0526. The van der Waals surface area contributed by atoms with Crippen molar-refractivity contribution in [2.45, 2.75) is 9.79 Å². The third kappa shape index (κ3) is 4.50. The number of nitrogen functional groups attached to an aromatic ring is 1. The van der Waals surface area contributed by atoms with Crippen molar-refractivity contribution < 1.29 is 30.7 Å². The molecule has 33 heavy (non-hydrogen) atoms. The molecule has 14 heteroatoms. The zero-order valence-corrected chi connectivity index (χ0v) is 18.5. The Morgan fingerprint density at radius 3 is 2.30 bits per heavy atom. The third-order valence-corrected chi connectivity index (χ3v) is 6.50. The van der Waals surface area contributed by atoms with Gasteiger partial charge in [-0.3, -0.25) is 14.9 Å². The zero-order valence-electron chi connectivity index (χ0n) is 16.9. The van der Waals surface area contributed by atoms with Crippen LogP contribution in [0.3, 0.4) is 0 Å². The van der Waals surface area contributed by atoms with Gasteiger partial charge in [0.05, 0.1) is 34.8 Å². The number of fused-ring (bicyclic) bond motifs is 1. The Kier molecular flexibility index (Phi) is 5.55. The molecule has 0 saturated heterocycles. The number of methoxy groups -OCH3 is 1. The van der Waals surface area contributed by atoms with Gasteiger partial charge in [-0.2, -0.15) is 21.9 Å². The molecule has 3 aromatic rings. The van der Waals surface area contributed by atoms with Crippen molar-refractivity contribution in [2.24, 2.45) is 16.1 Å². The van der Waals surface area contributed by atoms with Crippen molar-refractivity contribution in [3.63, 3.8) is 0 Å². The molecule has 0 aromatic heterocycles. The van der Waals surface area contributed by atoms with Gasteiger partial charge in [-0.1, -0.05) is 0 Å². The maximum Gasteiger partial charge on any atom is 0.296 e. The summed E-state index contributed by atoms with van der Waals surface area (Å²) in [6.45, 7) is 0. The molecule has 0 radical (unpaired) electrons. The van der Waals surface area contributed by atoms with Crippen LogP contribution in [0.5, 0.6) is 5.75 Å². The lowest BCUT2D eigenvalue weighted by Crippen LogP contribution is -2.07. The van der Waals surface area contributed by atoms with E-state index in [0.717, 1.165) is 0 Å². The molecule has 0 bridgehead atoms. The number of hydrogen-bond donors (Lipinski definition) is 4. The number of nitrogens with zero attached hydrogens (tertiary/aromatic N) is 3. The van der Waals surface area contributed by atoms with E-state index in [-0.39, 0.29) is 10.6 Å². The second-order valence-corrected chi connectivity index (χ2v) is 9.63. The summed E-state index contributed by atoms with van der Waals surface area (Å²) in [5, 5.41) is 7.93. The van der Waals surface area contributed by atoms with Crippen molar-refractivity contribution in [1.82, 2.24) is 0 Å². The van der Waals surface area contributed by atoms with Gasteiger partial charge in [-0.15, -0.1) is 5.11 Å². The average molecular weight is 492 g/mol. The summed E-state index contributed by atoms with van der Waals surface area (Å²) >= 11 is 0. The quantitative estimate of drug-likeness (QED) is 0.0977. The first-order valence-electron chi connectivity index (χ1n) is 9.12. The first-order valence-corrected chi connectivity index (χ1v) is 12.0. The number of hydrazine groups is 1. The van der Waals surface area contributed by atoms with Crippen LogP contribution in [-0.4, -0.2) is 33.1 Å². The number of nitrogens with two attached hydrogens (primary N) is 1. The molecular weight excluding hydrogens is 474 g/mol. The van der Waals surface area contributed by atoms with Crippen LogP contribution in [0.1, 0.15) is 0 Å². The SMILES string of the molecule is COc1cc(N=Nc2ccc(N3c4ccc(S(=O)(=O)O)cc43)cc2S(=O)(=O)O)ccc1NN. The van der Waals surface area contributed by atoms with Gasteiger partial charge in [0.25, 0.3) is 20.2 Å². The first kappa shape index (κ1) is 22.6. The molecule has 4 rings (SSSR count). The molecule has 0 unspecified atom stereocenters. The topological polar surface area (TPSA) is 184 Å². The highest BCUT2D eigenvalue weighted by Gasteiger charge is 2.33. The predicted octanol–water partition coefficient (Wildman–Crippen LogP) is 3.67. The van der Waals surface area contributed by atoms with Crippen molar-refractivity contribution in [3.8, 4) is 5.75 Å². The number of ether oxygens (including phenoxy) is 1. The summed E-state index contributed by atoms with van der Waals surface area (Å²) < 4.78 is 70.7. The molecule has 0 fully saturated rings. The van der Waals surface area contributed by atoms with Crippen LogP contribution >= 0.6 is 0 Å². The second-order valence-electron chi connectivity index (χ2n) is 6.82. The largest absolute Gasteiger partial charge is 0.494 e. The van der Waals surface area contributed by atoms with E-state index < -0.39 is 25.1 Å². The van der Waals surface area contributed by atoms with Crippen molar-refractivity contribution >= 4 is 54.4 Å². The molecule has 3 aromatic carbocycles. The lowest BCUT2D eigenvalue weighted by Gasteiger charge is -2.08. The maximum atomic E-state index is 12.0. The van der Waals surface area contributed by atoms with Gasteiger partial charge in [-0.05, 0) is 48.5 Å². The second kappa shape index (κ2) is 8.09. The number of benzene rings is 3. The summed E-state index contributed by atoms with van der Waals surface area (Å²) in [6, 6.07) is 12.7. The van der Waals surface area contributed by atoms with Crippen molar-refractivity contribution in [1.29, 1.82) is 0 Å². The molecule has 5 N–H and O–H groups in total. The van der Waals surface area contributed by atoms with Crippen molar-refractivity contribution in [2.75, 3.05) is 17.4 Å². The van der Waals surface area contributed by atoms with E-state index in [0.29, 0.717) is 34.2 Å². The fourth-order valence-corrected chi connectivity index (χ4v) is 4.32. The standard InChI is InChI=1S/C19H17N5O7S2/c1-31-18-8-11(2-5-14(18)21-20)22-23-15-6-3-12(9-19(15)33(28,29)30)24-16-7-4-13(10-17(16)24)32(25,26)27/h2-10,21H,20H2,1H3,(H,25,26,27)(H,28,29,30). The van der Waals surface area contributed by atoms with Gasteiger partial charge in [0, 0.05) is 11.8 Å². The minimum atomic E-state index is -4.68. The Morgan fingerprint density at radius 1 is 0.909 bits per heavy atom. The molecule has 1 aliphatic heterocycles. The molecule has 0 saturated carbocycles. The van der Waals surface area contributed by atoms with E-state index in [9.17, 15) is 25.9 Å². The van der Waals surface area contributed by atoms with Crippen LogP contribution in [-0.2, 0) is 20.2 Å². The smallest absolute Gasteiger partial charge is 0.296 e. The molecular formula is C19H17N5O7S2. The highest BCUT2D eigenvalue weighted by Crippen LogP contribution is 2.54. The van der Waals surface area contributed by atoms with E-state index in [1.165, 1.54) is 49.6 Å². The number of azo groups is 1. The van der Waals surface area contributed by atoms with Gasteiger partial charge in [-0.25, -0.2) is 0 Å².